The van der Waals surface area contributed by atoms with Crippen molar-refractivity contribution in [2.24, 2.45) is 5.73 Å². The van der Waals surface area contributed by atoms with E-state index in [-0.39, 0.29) is 18.5 Å². The van der Waals surface area contributed by atoms with E-state index in [1.54, 1.807) is 4.90 Å². The van der Waals surface area contributed by atoms with Crippen LogP contribution in [0, 0.1) is 0 Å². The Kier molecular flexibility index (Phi) is 8.19. The van der Waals surface area contributed by atoms with Crippen molar-refractivity contribution in [1.29, 1.82) is 0 Å². The Balaban J connectivity index is 0.000000451. The monoisotopic (exact) mass is 453 g/mol. The second kappa shape index (κ2) is 10.6. The number of nitrogens with one attached hydrogen (secondary N) is 1. The van der Waals surface area contributed by atoms with Crippen LogP contribution >= 0.6 is 0 Å². The van der Waals surface area contributed by atoms with Gasteiger partial charge in [-0.2, -0.15) is 13.2 Å². The molecule has 1 aliphatic heterocycles. The minimum atomic E-state index is -5.08. The number of fused-ring (bicyclic) bond motifs is 1. The maximum atomic E-state index is 12.7. The van der Waals surface area contributed by atoms with Crippen molar-refractivity contribution in [1.82, 2.24) is 4.90 Å². The molecule has 0 radical (unpaired) electrons. The lowest BCUT2D eigenvalue weighted by molar-refractivity contribution is -0.192. The molecule has 4 N–H and O–H groups in total. The fourth-order valence-electron chi connectivity index (χ4n) is 3.08. The van der Waals surface area contributed by atoms with E-state index in [0.717, 1.165) is 16.7 Å². The molecule has 172 valence electrons. The molecule has 1 atom stereocenters. The van der Waals surface area contributed by atoms with E-state index in [1.807, 2.05) is 48.5 Å². The van der Waals surface area contributed by atoms with Gasteiger partial charge in [-0.1, -0.05) is 36.4 Å². The van der Waals surface area contributed by atoms with Crippen molar-refractivity contribution >= 4 is 23.7 Å². The Hall–Kier alpha value is -3.60. The highest BCUT2D eigenvalue weighted by Crippen LogP contribution is 2.29. The molecule has 0 bridgehead atoms. The predicted molar refractivity (Wildman–Crippen MR) is 109 cm³/mol. The molecule has 8 nitrogen and oxygen atoms in total. The number of carboxylic acids is 1. The number of ether oxygens (including phenoxy) is 1. The van der Waals surface area contributed by atoms with Gasteiger partial charge in [-0.25, -0.2) is 9.59 Å². The molecular weight excluding hydrogens is 431 g/mol. The molecule has 2 aromatic carbocycles. The van der Waals surface area contributed by atoms with Crippen LogP contribution in [-0.4, -0.2) is 47.8 Å². The number of carbonyl (C=O) groups is 3. The Labute approximate surface area is 181 Å². The van der Waals surface area contributed by atoms with Crippen LogP contribution in [0.15, 0.2) is 48.5 Å². The number of amides is 2. The average Bonchev–Trinajstić information content (AvgIpc) is 2.77. The molecule has 2 amide bonds. The van der Waals surface area contributed by atoms with Gasteiger partial charge in [-0.15, -0.1) is 0 Å². The number of hydrogen-bond acceptors (Lipinski definition) is 5. The molecule has 0 saturated heterocycles. The van der Waals surface area contributed by atoms with E-state index >= 15 is 0 Å². The number of carboxylic acid groups (broad SMARTS) is 1. The molecule has 32 heavy (non-hydrogen) atoms. The van der Waals surface area contributed by atoms with Gasteiger partial charge in [0.1, 0.15) is 0 Å². The SMILES string of the molecule is COC(=O)C1CN(C(=O)Nc2cccc(CN)c2)Cc2ccccc21.O=C(O)C(F)(F)F. The molecule has 1 aliphatic rings. The number of methoxy groups -OCH3 is 1. The van der Waals surface area contributed by atoms with Crippen LogP contribution in [0.1, 0.15) is 22.6 Å². The molecule has 0 fully saturated rings. The Morgan fingerprint density at radius 3 is 2.44 bits per heavy atom. The van der Waals surface area contributed by atoms with Crippen LogP contribution in [0.25, 0.3) is 0 Å². The highest BCUT2D eigenvalue weighted by atomic mass is 19.4. The Bertz CT molecular complexity index is 981. The summed E-state index contributed by atoms with van der Waals surface area (Å²) in [6.07, 6.45) is -5.08. The van der Waals surface area contributed by atoms with Gasteiger partial charge in [0.15, 0.2) is 0 Å². The summed E-state index contributed by atoms with van der Waals surface area (Å²) in [7, 11) is 1.36. The molecule has 0 aromatic heterocycles. The first-order valence-corrected chi connectivity index (χ1v) is 9.37. The minimum absolute atomic E-state index is 0.252. The van der Waals surface area contributed by atoms with Gasteiger partial charge in [-0.3, -0.25) is 4.79 Å². The zero-order valence-corrected chi connectivity index (χ0v) is 17.1. The fraction of sp³-hybridized carbons (Fsp3) is 0.286. The largest absolute Gasteiger partial charge is 0.490 e. The molecule has 0 aliphatic carbocycles. The van der Waals surface area contributed by atoms with Gasteiger partial charge in [0.05, 0.1) is 13.0 Å². The third kappa shape index (κ3) is 6.45. The molecule has 2 aromatic rings. The number of esters is 1. The number of halogens is 3. The first-order valence-electron chi connectivity index (χ1n) is 9.37. The van der Waals surface area contributed by atoms with E-state index in [0.29, 0.717) is 18.8 Å². The molecule has 0 spiro atoms. The molecule has 1 heterocycles. The summed E-state index contributed by atoms with van der Waals surface area (Å²) in [5.41, 5.74) is 9.13. The Morgan fingerprint density at radius 1 is 1.19 bits per heavy atom. The number of urea groups is 1. The summed E-state index contributed by atoms with van der Waals surface area (Å²) in [5, 5.41) is 10.00. The van der Waals surface area contributed by atoms with Crippen molar-refractivity contribution in [3.8, 4) is 0 Å². The lowest BCUT2D eigenvalue weighted by Gasteiger charge is -2.33. The highest BCUT2D eigenvalue weighted by Gasteiger charge is 2.38. The zero-order chi connectivity index (χ0) is 23.9. The summed E-state index contributed by atoms with van der Waals surface area (Å²) in [6, 6.07) is 14.8. The van der Waals surface area contributed by atoms with Gasteiger partial charge in [0.2, 0.25) is 0 Å². The standard InChI is InChI=1S/C19H21N3O3.C2HF3O2/c1-25-18(23)17-12-22(11-14-6-2-3-8-16(14)17)19(24)21-15-7-4-5-13(9-15)10-20;3-2(4,5)1(6)7/h2-9,17H,10-12,20H2,1H3,(H,21,24);(H,6,7). The van der Waals surface area contributed by atoms with Crippen LogP contribution in [0.4, 0.5) is 23.7 Å². The summed E-state index contributed by atoms with van der Waals surface area (Å²) in [6.45, 7) is 1.14. The van der Waals surface area contributed by atoms with E-state index in [9.17, 15) is 22.8 Å². The first kappa shape index (κ1) is 24.7. The molecule has 1 unspecified atom stereocenters. The molecule has 11 heteroatoms. The van der Waals surface area contributed by atoms with E-state index in [2.05, 4.69) is 5.32 Å². The summed E-state index contributed by atoms with van der Waals surface area (Å²) < 4.78 is 36.6. The van der Waals surface area contributed by atoms with Gasteiger partial charge >= 0.3 is 24.1 Å². The predicted octanol–water partition coefficient (Wildman–Crippen LogP) is 3.08. The van der Waals surface area contributed by atoms with Crippen LogP contribution < -0.4 is 11.1 Å². The Morgan fingerprint density at radius 2 is 1.84 bits per heavy atom. The quantitative estimate of drug-likeness (QED) is 0.614. The minimum Gasteiger partial charge on any atom is -0.475 e. The normalized spacial score (nSPS) is 15.0. The van der Waals surface area contributed by atoms with Crippen molar-refractivity contribution in [3.05, 3.63) is 65.2 Å². The second-order valence-electron chi connectivity index (χ2n) is 6.79. The third-order valence-electron chi connectivity index (χ3n) is 4.62. The van der Waals surface area contributed by atoms with Crippen LogP contribution in [0.2, 0.25) is 0 Å². The van der Waals surface area contributed by atoms with Crippen molar-refractivity contribution in [3.63, 3.8) is 0 Å². The fourth-order valence-corrected chi connectivity index (χ4v) is 3.08. The van der Waals surface area contributed by atoms with Crippen LogP contribution in [0.5, 0.6) is 0 Å². The van der Waals surface area contributed by atoms with Gasteiger partial charge < -0.3 is 25.8 Å². The number of rotatable bonds is 3. The summed E-state index contributed by atoms with van der Waals surface area (Å²) >= 11 is 0. The molecule has 3 rings (SSSR count). The third-order valence-corrected chi connectivity index (χ3v) is 4.62. The highest BCUT2D eigenvalue weighted by molar-refractivity contribution is 5.90. The topological polar surface area (TPSA) is 122 Å². The number of hydrogen-bond donors (Lipinski definition) is 3. The summed E-state index contributed by atoms with van der Waals surface area (Å²) in [5.74, 6) is -3.57. The number of nitrogens with two attached hydrogens (primary N) is 1. The molecule has 0 saturated carbocycles. The number of anilines is 1. The van der Waals surface area contributed by atoms with Gasteiger partial charge in [0, 0.05) is 25.3 Å². The number of carbonyl (C=O) groups excluding carboxylic acids is 2. The molecular formula is C21H22F3N3O5. The van der Waals surface area contributed by atoms with E-state index < -0.39 is 18.1 Å². The lowest BCUT2D eigenvalue weighted by Crippen LogP contribution is -2.43. The maximum Gasteiger partial charge on any atom is 0.490 e. The van der Waals surface area contributed by atoms with Crippen LogP contribution in [0.3, 0.4) is 0 Å². The number of aliphatic carboxylic acids is 1. The van der Waals surface area contributed by atoms with Crippen molar-refractivity contribution in [2.75, 3.05) is 19.0 Å². The van der Waals surface area contributed by atoms with Gasteiger partial charge in [-0.05, 0) is 28.8 Å². The van der Waals surface area contributed by atoms with Gasteiger partial charge in [0.25, 0.3) is 0 Å². The zero-order valence-electron chi connectivity index (χ0n) is 17.1. The smallest absolute Gasteiger partial charge is 0.475 e. The summed E-state index contributed by atoms with van der Waals surface area (Å²) in [4.78, 5) is 35.3. The average molecular weight is 453 g/mol. The van der Waals surface area contributed by atoms with E-state index in [1.165, 1.54) is 7.11 Å². The lowest BCUT2D eigenvalue weighted by atomic mass is 9.90. The second-order valence-corrected chi connectivity index (χ2v) is 6.79. The van der Waals surface area contributed by atoms with E-state index in [4.69, 9.17) is 20.4 Å². The van der Waals surface area contributed by atoms with Crippen molar-refractivity contribution in [2.45, 2.75) is 25.2 Å². The number of benzene rings is 2. The first-order chi connectivity index (χ1) is 15.1. The van der Waals surface area contributed by atoms with Crippen LogP contribution in [-0.2, 0) is 27.4 Å². The maximum absolute atomic E-state index is 12.7. The number of alkyl halides is 3. The number of nitrogens with zero attached hydrogens (tertiary/aromatic N) is 1. The van der Waals surface area contributed by atoms with Crippen molar-refractivity contribution < 1.29 is 37.4 Å².